The summed E-state index contributed by atoms with van der Waals surface area (Å²) < 4.78 is 30.5. The molecular formula is C29H31BrN2O7S. The Morgan fingerprint density at radius 3 is 2.40 bits per heavy atom. The van der Waals surface area contributed by atoms with Crippen molar-refractivity contribution in [3.8, 4) is 23.0 Å². The van der Waals surface area contributed by atoms with E-state index in [9.17, 15) is 9.59 Å². The van der Waals surface area contributed by atoms with E-state index in [0.717, 1.165) is 5.56 Å². The fraction of sp³-hybridized carbons (Fsp3) is 0.345. The van der Waals surface area contributed by atoms with Crippen molar-refractivity contribution in [1.29, 1.82) is 0 Å². The van der Waals surface area contributed by atoms with Gasteiger partial charge < -0.3 is 23.7 Å². The molecule has 212 valence electrons. The fourth-order valence-corrected chi connectivity index (χ4v) is 6.19. The van der Waals surface area contributed by atoms with E-state index in [1.54, 1.807) is 52.3 Å². The number of thiazole rings is 1. The van der Waals surface area contributed by atoms with E-state index in [1.165, 1.54) is 15.9 Å². The summed E-state index contributed by atoms with van der Waals surface area (Å²) in [7, 11) is 3.11. The van der Waals surface area contributed by atoms with Crippen LogP contribution in [0.25, 0.3) is 6.08 Å². The van der Waals surface area contributed by atoms with Gasteiger partial charge in [-0.15, -0.1) is 0 Å². The first-order chi connectivity index (χ1) is 19.3. The van der Waals surface area contributed by atoms with Crippen LogP contribution in [0.2, 0.25) is 0 Å². The molecule has 40 heavy (non-hydrogen) atoms. The van der Waals surface area contributed by atoms with E-state index >= 15 is 0 Å². The maximum atomic E-state index is 14.0. The molecule has 0 saturated carbocycles. The minimum absolute atomic E-state index is 0.189. The summed E-state index contributed by atoms with van der Waals surface area (Å²) in [6, 6.07) is 8.28. The third-order valence-corrected chi connectivity index (χ3v) is 7.73. The molecule has 0 fully saturated rings. The predicted molar refractivity (Wildman–Crippen MR) is 156 cm³/mol. The Morgan fingerprint density at radius 2 is 1.75 bits per heavy atom. The molecule has 2 heterocycles. The average Bonchev–Trinajstić information content (AvgIpc) is 3.22. The Bertz CT molecular complexity index is 1640. The van der Waals surface area contributed by atoms with Gasteiger partial charge in [-0.2, -0.15) is 0 Å². The third kappa shape index (κ3) is 5.66. The molecule has 1 aliphatic rings. The number of rotatable bonds is 10. The molecule has 4 rings (SSSR count). The van der Waals surface area contributed by atoms with Crippen molar-refractivity contribution in [3.05, 3.63) is 76.9 Å². The first-order valence-electron chi connectivity index (χ1n) is 12.8. The summed E-state index contributed by atoms with van der Waals surface area (Å²) in [6.45, 7) is 8.34. The second-order valence-corrected chi connectivity index (χ2v) is 10.5. The summed E-state index contributed by atoms with van der Waals surface area (Å²) in [5, 5.41) is 0. The number of methoxy groups -OCH3 is 2. The zero-order valence-electron chi connectivity index (χ0n) is 23.2. The highest BCUT2D eigenvalue weighted by Gasteiger charge is 2.34. The Labute approximate surface area is 244 Å². The van der Waals surface area contributed by atoms with Crippen LogP contribution in [0.4, 0.5) is 0 Å². The summed E-state index contributed by atoms with van der Waals surface area (Å²) in [4.78, 5) is 32.3. The van der Waals surface area contributed by atoms with Crippen molar-refractivity contribution in [2.24, 2.45) is 4.99 Å². The summed E-state index contributed by atoms with van der Waals surface area (Å²) in [5.41, 5.74) is 1.89. The van der Waals surface area contributed by atoms with Crippen LogP contribution in [-0.4, -0.2) is 44.6 Å². The van der Waals surface area contributed by atoms with Crippen LogP contribution >= 0.6 is 27.3 Å². The number of hydrogen-bond acceptors (Lipinski definition) is 9. The number of carbonyl (C=O) groups excluding carboxylic acids is 1. The van der Waals surface area contributed by atoms with Gasteiger partial charge in [-0.3, -0.25) is 9.36 Å². The van der Waals surface area contributed by atoms with Gasteiger partial charge in [0.15, 0.2) is 27.8 Å². The first kappa shape index (κ1) is 29.4. The van der Waals surface area contributed by atoms with Gasteiger partial charge in [0.2, 0.25) is 0 Å². The molecule has 0 unspecified atom stereocenters. The molecule has 1 aromatic heterocycles. The third-order valence-electron chi connectivity index (χ3n) is 6.15. The van der Waals surface area contributed by atoms with Crippen molar-refractivity contribution >= 4 is 39.3 Å². The lowest BCUT2D eigenvalue weighted by Crippen LogP contribution is -2.40. The van der Waals surface area contributed by atoms with Gasteiger partial charge in [-0.1, -0.05) is 17.4 Å². The second kappa shape index (κ2) is 12.7. The number of benzene rings is 2. The molecular weight excluding hydrogens is 600 g/mol. The molecule has 0 aliphatic carbocycles. The summed E-state index contributed by atoms with van der Waals surface area (Å²) in [6.07, 6.45) is 1.76. The van der Waals surface area contributed by atoms with Crippen molar-refractivity contribution in [2.45, 2.75) is 33.7 Å². The maximum absolute atomic E-state index is 14.0. The lowest BCUT2D eigenvalue weighted by atomic mass is 9.95. The number of carbonyl (C=O) groups is 1. The Balaban J connectivity index is 1.95. The van der Waals surface area contributed by atoms with Crippen molar-refractivity contribution in [1.82, 2.24) is 4.57 Å². The summed E-state index contributed by atoms with van der Waals surface area (Å²) >= 11 is 4.75. The zero-order valence-corrected chi connectivity index (χ0v) is 25.6. The van der Waals surface area contributed by atoms with Crippen molar-refractivity contribution in [3.63, 3.8) is 0 Å². The Kier molecular flexibility index (Phi) is 9.36. The van der Waals surface area contributed by atoms with Crippen LogP contribution in [0.1, 0.15) is 44.9 Å². The molecule has 9 nitrogen and oxygen atoms in total. The quantitative estimate of drug-likeness (QED) is 0.307. The van der Waals surface area contributed by atoms with E-state index in [0.29, 0.717) is 66.9 Å². The van der Waals surface area contributed by atoms with E-state index in [1.807, 2.05) is 26.0 Å². The molecule has 2 aromatic carbocycles. The highest BCUT2D eigenvalue weighted by Crippen LogP contribution is 2.37. The van der Waals surface area contributed by atoms with Gasteiger partial charge in [-0.05, 0) is 85.1 Å². The number of esters is 1. The molecule has 11 heteroatoms. The molecule has 0 bridgehead atoms. The minimum Gasteiger partial charge on any atom is -0.493 e. The van der Waals surface area contributed by atoms with Gasteiger partial charge in [0.05, 0.1) is 60.4 Å². The van der Waals surface area contributed by atoms with E-state index in [4.69, 9.17) is 23.7 Å². The highest BCUT2D eigenvalue weighted by molar-refractivity contribution is 9.10. The van der Waals surface area contributed by atoms with Crippen LogP contribution in [0.15, 0.2) is 55.9 Å². The largest absolute Gasteiger partial charge is 0.493 e. The molecule has 1 atom stereocenters. The van der Waals surface area contributed by atoms with Crippen LogP contribution < -0.4 is 33.8 Å². The average molecular weight is 632 g/mol. The standard InChI is InChI=1S/C29H31BrN2O7S/c1-7-37-20-11-10-18(15-21(20)38-8-2)25-24(28(34)39-9-3)16(4)31-29-32(25)27(33)23(40-29)14-17-12-19(30)26(36-6)22(13-17)35-5/h10-15,25H,7-9H2,1-6H3/b23-14-/t25-/m0/s1. The van der Waals surface area contributed by atoms with E-state index in [-0.39, 0.29) is 12.2 Å². The summed E-state index contributed by atoms with van der Waals surface area (Å²) in [5.74, 6) is 1.65. The van der Waals surface area contributed by atoms with Gasteiger partial charge in [0, 0.05) is 0 Å². The van der Waals surface area contributed by atoms with Gasteiger partial charge in [-0.25, -0.2) is 9.79 Å². The number of hydrogen-bond donors (Lipinski definition) is 0. The molecule has 0 amide bonds. The molecule has 3 aromatic rings. The van der Waals surface area contributed by atoms with Crippen molar-refractivity contribution < 1.29 is 28.5 Å². The van der Waals surface area contributed by atoms with Crippen LogP contribution in [0.5, 0.6) is 23.0 Å². The highest BCUT2D eigenvalue weighted by atomic mass is 79.9. The van der Waals surface area contributed by atoms with E-state index < -0.39 is 12.0 Å². The number of fused-ring (bicyclic) bond motifs is 1. The molecule has 0 N–H and O–H groups in total. The van der Waals surface area contributed by atoms with Crippen LogP contribution in [0.3, 0.4) is 0 Å². The first-order valence-corrected chi connectivity index (χ1v) is 14.4. The van der Waals surface area contributed by atoms with Crippen LogP contribution in [-0.2, 0) is 9.53 Å². The predicted octanol–water partition coefficient (Wildman–Crippen LogP) is 4.38. The molecule has 1 aliphatic heterocycles. The van der Waals surface area contributed by atoms with Gasteiger partial charge in [0.25, 0.3) is 5.56 Å². The normalized spacial score (nSPS) is 14.9. The lowest BCUT2D eigenvalue weighted by Gasteiger charge is -2.25. The number of allylic oxidation sites excluding steroid dienone is 1. The Morgan fingerprint density at radius 1 is 1.02 bits per heavy atom. The smallest absolute Gasteiger partial charge is 0.338 e. The van der Waals surface area contributed by atoms with E-state index in [2.05, 4.69) is 20.9 Å². The minimum atomic E-state index is -0.774. The SMILES string of the molecule is CCOC(=O)C1=C(C)N=c2s/c(=C\c3cc(Br)c(OC)c(OC)c3)c(=O)n2[C@H]1c1ccc(OCC)c(OCC)c1. The van der Waals surface area contributed by atoms with Crippen molar-refractivity contribution in [2.75, 3.05) is 34.0 Å². The molecule has 0 saturated heterocycles. The molecule has 0 radical (unpaired) electrons. The number of aromatic nitrogens is 1. The monoisotopic (exact) mass is 630 g/mol. The topological polar surface area (TPSA) is 97.6 Å². The van der Waals surface area contributed by atoms with Gasteiger partial charge in [0.1, 0.15) is 0 Å². The maximum Gasteiger partial charge on any atom is 0.338 e. The number of nitrogens with zero attached hydrogens (tertiary/aromatic N) is 2. The fourth-order valence-electron chi connectivity index (χ4n) is 4.52. The Hall–Kier alpha value is -3.57. The second-order valence-electron chi connectivity index (χ2n) is 8.61. The number of ether oxygens (including phenoxy) is 5. The van der Waals surface area contributed by atoms with Gasteiger partial charge >= 0.3 is 5.97 Å². The number of halogens is 1. The van der Waals surface area contributed by atoms with Crippen LogP contribution in [0, 0.1) is 0 Å². The zero-order chi connectivity index (χ0) is 29.0. The molecule has 0 spiro atoms. The lowest BCUT2D eigenvalue weighted by molar-refractivity contribution is -0.139.